The molecule has 6 amide bonds. The second-order valence-electron chi connectivity index (χ2n) is 21.4. The SMILES string of the molecule is COc1ccc(C2=CN3C(=O)c4cc(OC)c(OCCCOc5cc6c(cc5OC)CN5C=C(c7ccc(NC(=O)[C@H](C)NC(=O)[C@@H](NC(=O)c8cc(NC(=O)CCSC)nc(NC(=O)CCSC)c8)C(C)C)cc7)C[C@H]5C=N6)cc4N=C[C@@H]3C2)cc1. The molecule has 0 radical (unpaired) electrons. The highest BCUT2D eigenvalue weighted by atomic mass is 32.2. The van der Waals surface area contributed by atoms with Crippen LogP contribution in [0.4, 0.5) is 28.7 Å². The number of anilines is 3. The number of nitrogens with one attached hydrogen (secondary N) is 5. The standard InChI is InChI=1S/C64H72N10O11S2/c1-37(2)60(72-62(78)41-27-56(70-58(75)18-22-86-7)69-57(28-41)71-59(76)19-23-87-8)63(79)67-38(3)61(77)68-45-14-10-39(11-15-45)42-24-46-32-65-50-30-54(52(82-5)26-44(50)35-73(46)34-42)84-20-9-21-85-55-31-51-49(29-53(55)83-6)64(80)74-36-43(25-47(74)33-66-51)40-12-16-48(81-4)17-13-40/h10-17,26-34,36-38,46-47,60H,9,18-25,35H2,1-8H3,(H,67,79)(H,68,77)(H,72,78)(H2,69,70,71,75,76)/t38-,46-,47-,60-/m0/s1. The summed E-state index contributed by atoms with van der Waals surface area (Å²) < 4.78 is 29.3. The smallest absolute Gasteiger partial charge is 0.260 e. The van der Waals surface area contributed by atoms with Crippen molar-refractivity contribution >= 4 is 111 Å². The number of carbonyl (C=O) groups excluding carboxylic acids is 6. The lowest BCUT2D eigenvalue weighted by atomic mass is 10.0. The number of thioether (sulfide) groups is 2. The topological polar surface area (TPSA) is 253 Å². The monoisotopic (exact) mass is 1220 g/mol. The molecule has 0 aliphatic carbocycles. The lowest BCUT2D eigenvalue weighted by Crippen LogP contribution is -2.53. The Balaban J connectivity index is 0.754. The first kappa shape index (κ1) is 62.7. The van der Waals surface area contributed by atoms with E-state index >= 15 is 0 Å². The van der Waals surface area contributed by atoms with Gasteiger partial charge in [-0.3, -0.25) is 38.8 Å². The molecular weight excluding hydrogens is 1150 g/mol. The van der Waals surface area contributed by atoms with Crippen molar-refractivity contribution < 1.29 is 52.5 Å². The summed E-state index contributed by atoms with van der Waals surface area (Å²) in [4.78, 5) is 97.9. The number of amides is 6. The first-order valence-electron chi connectivity index (χ1n) is 28.6. The van der Waals surface area contributed by atoms with Crippen molar-refractivity contribution in [2.75, 3.05) is 74.5 Å². The summed E-state index contributed by atoms with van der Waals surface area (Å²) in [5.74, 6) is 1.26. The van der Waals surface area contributed by atoms with Crippen LogP contribution in [0, 0.1) is 5.92 Å². The lowest BCUT2D eigenvalue weighted by Gasteiger charge is -2.24. The van der Waals surface area contributed by atoms with Crippen LogP contribution in [0.15, 0.2) is 107 Å². The van der Waals surface area contributed by atoms with E-state index < -0.39 is 29.8 Å². The van der Waals surface area contributed by atoms with Gasteiger partial charge in [-0.1, -0.05) is 38.1 Å². The number of aliphatic imine (C=N–C) groups is 2. The summed E-state index contributed by atoms with van der Waals surface area (Å²) in [6.07, 6.45) is 13.9. The molecule has 5 N–H and O–H groups in total. The summed E-state index contributed by atoms with van der Waals surface area (Å²) in [7, 11) is 4.78. The Bertz CT molecular complexity index is 3480. The Hall–Kier alpha value is -8.83. The number of fused-ring (bicyclic) bond motifs is 4. The molecule has 0 saturated carbocycles. The second kappa shape index (κ2) is 29.0. The van der Waals surface area contributed by atoms with Crippen LogP contribution < -0.4 is 50.3 Å². The highest BCUT2D eigenvalue weighted by molar-refractivity contribution is 7.98. The van der Waals surface area contributed by atoms with Crippen molar-refractivity contribution in [2.45, 2.75) is 83.6 Å². The minimum Gasteiger partial charge on any atom is -0.497 e. The molecule has 9 rings (SSSR count). The third-order valence-corrected chi connectivity index (χ3v) is 16.2. The molecule has 23 heteroatoms. The van der Waals surface area contributed by atoms with E-state index in [0.717, 1.165) is 39.3 Å². The number of carbonyl (C=O) groups is 6. The van der Waals surface area contributed by atoms with Gasteiger partial charge in [0.25, 0.3) is 11.8 Å². The van der Waals surface area contributed by atoms with E-state index in [1.54, 1.807) is 59.1 Å². The largest absolute Gasteiger partial charge is 0.497 e. The Morgan fingerprint density at radius 1 is 0.644 bits per heavy atom. The van der Waals surface area contributed by atoms with Crippen molar-refractivity contribution in [3.8, 4) is 28.7 Å². The highest BCUT2D eigenvalue weighted by Crippen LogP contribution is 2.42. The molecule has 5 heterocycles. The first-order valence-corrected chi connectivity index (χ1v) is 31.4. The fourth-order valence-electron chi connectivity index (χ4n) is 10.2. The van der Waals surface area contributed by atoms with Gasteiger partial charge in [-0.2, -0.15) is 23.5 Å². The van der Waals surface area contributed by atoms with Gasteiger partial charge in [0, 0.05) is 97.5 Å². The van der Waals surface area contributed by atoms with E-state index in [2.05, 4.69) is 42.7 Å². The van der Waals surface area contributed by atoms with Gasteiger partial charge in [-0.05, 0) is 103 Å². The molecule has 456 valence electrons. The predicted molar refractivity (Wildman–Crippen MR) is 342 cm³/mol. The van der Waals surface area contributed by atoms with Gasteiger partial charge in [0.1, 0.15) is 29.5 Å². The van der Waals surface area contributed by atoms with E-state index in [0.29, 0.717) is 90.5 Å². The molecule has 5 aromatic rings. The molecule has 0 bridgehead atoms. The van der Waals surface area contributed by atoms with Crippen LogP contribution in [0.1, 0.15) is 90.3 Å². The number of ether oxygens (including phenoxy) is 5. The average Bonchev–Trinajstić information content (AvgIpc) is 2.22. The molecule has 0 fully saturated rings. The zero-order valence-corrected chi connectivity index (χ0v) is 51.5. The quantitative estimate of drug-likeness (QED) is 0.0323. The Morgan fingerprint density at radius 2 is 1.22 bits per heavy atom. The van der Waals surface area contributed by atoms with Crippen molar-refractivity contribution in [2.24, 2.45) is 15.9 Å². The number of benzene rings is 4. The van der Waals surface area contributed by atoms with E-state index in [-0.39, 0.29) is 65.8 Å². The number of nitrogens with zero attached hydrogens (tertiary/aromatic N) is 5. The van der Waals surface area contributed by atoms with Gasteiger partial charge in [-0.25, -0.2) is 4.98 Å². The third-order valence-electron chi connectivity index (χ3n) is 15.0. The average molecular weight is 1220 g/mol. The van der Waals surface area contributed by atoms with Crippen molar-refractivity contribution in [3.05, 3.63) is 125 Å². The fourth-order valence-corrected chi connectivity index (χ4v) is 11.0. The first-order chi connectivity index (χ1) is 42.0. The Morgan fingerprint density at radius 3 is 1.83 bits per heavy atom. The molecule has 1 aromatic heterocycles. The maximum Gasteiger partial charge on any atom is 0.260 e. The maximum atomic E-state index is 13.9. The van der Waals surface area contributed by atoms with E-state index in [1.807, 2.05) is 91.8 Å². The summed E-state index contributed by atoms with van der Waals surface area (Å²) in [5, 5.41) is 13.8. The molecular formula is C64H72N10O11S2. The minimum absolute atomic E-state index is 0.00629. The Labute approximate surface area is 514 Å². The highest BCUT2D eigenvalue weighted by Gasteiger charge is 2.35. The van der Waals surface area contributed by atoms with Crippen molar-refractivity contribution in [1.29, 1.82) is 0 Å². The van der Waals surface area contributed by atoms with Crippen LogP contribution >= 0.6 is 23.5 Å². The number of aromatic nitrogens is 1. The molecule has 4 aromatic carbocycles. The van der Waals surface area contributed by atoms with Crippen LogP contribution in [0.25, 0.3) is 11.1 Å². The molecule has 4 atom stereocenters. The molecule has 21 nitrogen and oxygen atoms in total. The van der Waals surface area contributed by atoms with E-state index in [4.69, 9.17) is 33.7 Å². The molecule has 4 aliphatic rings. The van der Waals surface area contributed by atoms with Gasteiger partial charge in [0.15, 0.2) is 23.0 Å². The fraction of sp³-hybridized carbons (Fsp3) is 0.359. The minimum atomic E-state index is -1.05. The van der Waals surface area contributed by atoms with Crippen molar-refractivity contribution in [1.82, 2.24) is 25.4 Å². The number of methoxy groups -OCH3 is 3. The van der Waals surface area contributed by atoms with Crippen LogP contribution in [0.5, 0.6) is 28.7 Å². The van der Waals surface area contributed by atoms with Gasteiger partial charge in [0.05, 0.1) is 63.6 Å². The van der Waals surface area contributed by atoms with Crippen LogP contribution in [-0.4, -0.2) is 145 Å². The summed E-state index contributed by atoms with van der Waals surface area (Å²) in [6, 6.07) is 23.1. The van der Waals surface area contributed by atoms with Gasteiger partial charge >= 0.3 is 0 Å². The number of rotatable bonds is 26. The van der Waals surface area contributed by atoms with Gasteiger partial charge in [0.2, 0.25) is 23.6 Å². The number of hydrogen-bond acceptors (Lipinski definition) is 17. The Kier molecular flexibility index (Phi) is 20.9. The maximum absolute atomic E-state index is 13.9. The van der Waals surface area contributed by atoms with Gasteiger partial charge < -0.3 is 60.1 Å². The summed E-state index contributed by atoms with van der Waals surface area (Å²) in [6.45, 7) is 6.29. The van der Waals surface area contributed by atoms with Crippen LogP contribution in [-0.2, 0) is 25.7 Å². The lowest BCUT2D eigenvalue weighted by molar-refractivity contribution is -0.128. The molecule has 4 aliphatic heterocycles. The van der Waals surface area contributed by atoms with Crippen LogP contribution in [0.2, 0.25) is 0 Å². The molecule has 87 heavy (non-hydrogen) atoms. The third kappa shape index (κ3) is 15.6. The molecule has 0 unspecified atom stereocenters. The van der Waals surface area contributed by atoms with E-state index in [1.165, 1.54) is 35.7 Å². The second-order valence-corrected chi connectivity index (χ2v) is 23.4. The predicted octanol–water partition coefficient (Wildman–Crippen LogP) is 9.54. The van der Waals surface area contributed by atoms with Crippen LogP contribution in [0.3, 0.4) is 0 Å². The van der Waals surface area contributed by atoms with Gasteiger partial charge in [-0.15, -0.1) is 0 Å². The van der Waals surface area contributed by atoms with E-state index in [9.17, 15) is 28.8 Å². The zero-order valence-electron chi connectivity index (χ0n) is 49.9. The number of hydrogen-bond donors (Lipinski definition) is 5. The summed E-state index contributed by atoms with van der Waals surface area (Å²) >= 11 is 3.02. The summed E-state index contributed by atoms with van der Waals surface area (Å²) in [5.41, 5.74) is 7.40. The zero-order chi connectivity index (χ0) is 61.7. The number of pyridine rings is 1. The normalized spacial score (nSPS) is 16.1. The molecule has 0 spiro atoms. The molecule has 0 saturated heterocycles. The van der Waals surface area contributed by atoms with Crippen molar-refractivity contribution in [3.63, 3.8) is 0 Å².